The van der Waals surface area contributed by atoms with E-state index in [1.54, 1.807) is 0 Å². The summed E-state index contributed by atoms with van der Waals surface area (Å²) in [4.78, 5) is 10.6. The van der Waals surface area contributed by atoms with Crippen molar-refractivity contribution >= 4 is 75.5 Å². The second kappa shape index (κ2) is 9.69. The molecule has 0 spiro atoms. The van der Waals surface area contributed by atoms with Gasteiger partial charge in [0, 0.05) is 16.5 Å². The molecular weight excluding hydrogens is 556 g/mol. The Labute approximate surface area is 265 Å². The molecule has 0 atom stereocenters. The van der Waals surface area contributed by atoms with Crippen LogP contribution in [0.25, 0.3) is 98.2 Å². The van der Waals surface area contributed by atoms with Gasteiger partial charge in [0.15, 0.2) is 5.82 Å². The van der Waals surface area contributed by atoms with Crippen LogP contribution in [-0.2, 0) is 0 Å². The Morgan fingerprint density at radius 1 is 0.326 bits per heavy atom. The summed E-state index contributed by atoms with van der Waals surface area (Å²) in [6.07, 6.45) is 0. The Hall–Kier alpha value is -6.12. The van der Waals surface area contributed by atoms with Crippen LogP contribution < -0.4 is 0 Å². The minimum Gasteiger partial charge on any atom is -0.228 e. The van der Waals surface area contributed by atoms with E-state index in [9.17, 15) is 0 Å². The van der Waals surface area contributed by atoms with Gasteiger partial charge in [-0.25, -0.2) is 9.97 Å². The normalized spacial score (nSPS) is 11.9. The van der Waals surface area contributed by atoms with Gasteiger partial charge in [0.1, 0.15) is 0 Å². The topological polar surface area (TPSA) is 25.8 Å². The lowest BCUT2D eigenvalue weighted by Gasteiger charge is -2.16. The van der Waals surface area contributed by atoms with Crippen molar-refractivity contribution in [2.75, 3.05) is 0 Å². The second-order valence-electron chi connectivity index (χ2n) is 12.2. The zero-order valence-corrected chi connectivity index (χ0v) is 24.9. The summed E-state index contributed by atoms with van der Waals surface area (Å²) in [6.45, 7) is 0. The molecule has 0 N–H and O–H groups in total. The zero-order valence-electron chi connectivity index (χ0n) is 24.9. The average Bonchev–Trinajstić information content (AvgIpc) is 3.13. The van der Waals surface area contributed by atoms with E-state index < -0.39 is 0 Å². The van der Waals surface area contributed by atoms with Crippen LogP contribution in [0.1, 0.15) is 0 Å². The van der Waals surface area contributed by atoms with Crippen molar-refractivity contribution in [3.05, 3.63) is 158 Å². The van der Waals surface area contributed by atoms with Crippen molar-refractivity contribution in [3.63, 3.8) is 0 Å². The van der Waals surface area contributed by atoms with E-state index in [0.29, 0.717) is 0 Å². The monoisotopic (exact) mass is 582 g/mol. The fraction of sp³-hybridized carbons (Fsp3) is 0. The molecule has 2 nitrogen and oxygen atoms in total. The fourth-order valence-corrected chi connectivity index (χ4v) is 7.45. The van der Waals surface area contributed by atoms with E-state index in [2.05, 4.69) is 158 Å². The van der Waals surface area contributed by atoms with Crippen LogP contribution in [0, 0.1) is 0 Å². The first kappa shape index (κ1) is 25.2. The van der Waals surface area contributed by atoms with Crippen molar-refractivity contribution in [1.29, 1.82) is 0 Å². The van der Waals surface area contributed by atoms with Gasteiger partial charge in [-0.15, -0.1) is 0 Å². The molecule has 10 aromatic rings. The number of aromatic nitrogens is 2. The number of hydrogen-bond acceptors (Lipinski definition) is 2. The molecule has 46 heavy (non-hydrogen) atoms. The molecule has 2 heteroatoms. The number of rotatable bonds is 2. The molecule has 0 aliphatic rings. The molecule has 1 heterocycles. The number of hydrogen-bond donors (Lipinski definition) is 0. The van der Waals surface area contributed by atoms with Gasteiger partial charge in [-0.1, -0.05) is 140 Å². The summed E-state index contributed by atoms with van der Waals surface area (Å²) < 4.78 is 0. The van der Waals surface area contributed by atoms with Crippen LogP contribution in [0.4, 0.5) is 0 Å². The summed E-state index contributed by atoms with van der Waals surface area (Å²) in [5.74, 6) is 0.739. The lowest BCUT2D eigenvalue weighted by molar-refractivity contribution is 1.24. The third kappa shape index (κ3) is 3.71. The molecule has 0 saturated heterocycles. The summed E-state index contributed by atoms with van der Waals surface area (Å²) in [5, 5.41) is 15.9. The predicted molar refractivity (Wildman–Crippen MR) is 195 cm³/mol. The Morgan fingerprint density at radius 2 is 0.870 bits per heavy atom. The fourth-order valence-electron chi connectivity index (χ4n) is 7.45. The lowest BCUT2D eigenvalue weighted by Crippen LogP contribution is -1.97. The highest BCUT2D eigenvalue weighted by Crippen LogP contribution is 2.42. The number of para-hydroxylation sites is 1. The van der Waals surface area contributed by atoms with Gasteiger partial charge in [0.05, 0.1) is 11.2 Å². The predicted octanol–water partition coefficient (Wildman–Crippen LogP) is 11.9. The molecule has 9 aromatic carbocycles. The van der Waals surface area contributed by atoms with Crippen LogP contribution >= 0.6 is 0 Å². The van der Waals surface area contributed by atoms with Crippen molar-refractivity contribution < 1.29 is 0 Å². The van der Waals surface area contributed by atoms with Crippen LogP contribution in [0.15, 0.2) is 158 Å². The standard InChI is InChI=1S/C44H26N2/c1-4-12-33-27(9-1)17-19-30-25-32(22-23-34(30)33)43-38-15-7-8-16-40(38)45-44(46-43)39-26-31-20-18-28-10-2-5-13-35(28)41(31)42-36-14-6-3-11-29(36)21-24-37(39)42/h1-26H. The van der Waals surface area contributed by atoms with Gasteiger partial charge in [-0.3, -0.25) is 0 Å². The Balaban J connectivity index is 1.29. The largest absolute Gasteiger partial charge is 0.228 e. The van der Waals surface area contributed by atoms with Crippen LogP contribution in [0.3, 0.4) is 0 Å². The van der Waals surface area contributed by atoms with Crippen molar-refractivity contribution in [3.8, 4) is 22.6 Å². The molecule has 0 aliphatic heterocycles. The summed E-state index contributed by atoms with van der Waals surface area (Å²) in [7, 11) is 0. The number of benzene rings is 9. The van der Waals surface area contributed by atoms with E-state index in [1.165, 1.54) is 59.2 Å². The SMILES string of the molecule is c1ccc2c(c1)ccc1cc(-c3nc(-c4cc5ccc6ccccc6c5c5c4ccc4ccccc45)nc4ccccc34)ccc12. The molecule has 0 amide bonds. The summed E-state index contributed by atoms with van der Waals surface area (Å²) in [6, 6.07) is 56.8. The number of nitrogens with zero attached hydrogens (tertiary/aromatic N) is 2. The van der Waals surface area contributed by atoms with Gasteiger partial charge < -0.3 is 0 Å². The van der Waals surface area contributed by atoms with Gasteiger partial charge in [0.2, 0.25) is 0 Å². The lowest BCUT2D eigenvalue weighted by atomic mass is 9.90. The van der Waals surface area contributed by atoms with Gasteiger partial charge in [-0.2, -0.15) is 0 Å². The Kier molecular flexibility index (Phi) is 5.31. The third-order valence-electron chi connectivity index (χ3n) is 9.59. The van der Waals surface area contributed by atoms with Crippen molar-refractivity contribution in [1.82, 2.24) is 9.97 Å². The molecule has 1 aromatic heterocycles. The first-order chi connectivity index (χ1) is 22.8. The van der Waals surface area contributed by atoms with E-state index >= 15 is 0 Å². The maximum absolute atomic E-state index is 5.40. The van der Waals surface area contributed by atoms with E-state index in [4.69, 9.17) is 9.97 Å². The quantitative estimate of drug-likeness (QED) is 0.190. The number of fused-ring (bicyclic) bond motifs is 11. The molecule has 10 rings (SSSR count). The third-order valence-corrected chi connectivity index (χ3v) is 9.59. The highest BCUT2D eigenvalue weighted by molar-refractivity contribution is 6.30. The molecule has 0 bridgehead atoms. The highest BCUT2D eigenvalue weighted by atomic mass is 14.9. The van der Waals surface area contributed by atoms with E-state index in [0.717, 1.165) is 38.9 Å². The highest BCUT2D eigenvalue weighted by Gasteiger charge is 2.18. The molecular formula is C44H26N2. The Bertz CT molecular complexity index is 2870. The molecule has 0 radical (unpaired) electrons. The van der Waals surface area contributed by atoms with Crippen LogP contribution in [0.5, 0.6) is 0 Å². The molecule has 0 unspecified atom stereocenters. The van der Waals surface area contributed by atoms with E-state index in [-0.39, 0.29) is 0 Å². The maximum Gasteiger partial charge on any atom is 0.161 e. The summed E-state index contributed by atoms with van der Waals surface area (Å²) in [5.41, 5.74) is 4.02. The molecule has 0 saturated carbocycles. The van der Waals surface area contributed by atoms with Crippen molar-refractivity contribution in [2.45, 2.75) is 0 Å². The van der Waals surface area contributed by atoms with Gasteiger partial charge >= 0.3 is 0 Å². The maximum atomic E-state index is 5.40. The zero-order chi connectivity index (χ0) is 30.2. The van der Waals surface area contributed by atoms with Crippen LogP contribution in [-0.4, -0.2) is 9.97 Å². The first-order valence-electron chi connectivity index (χ1n) is 15.8. The second-order valence-corrected chi connectivity index (χ2v) is 12.2. The van der Waals surface area contributed by atoms with Gasteiger partial charge in [0.25, 0.3) is 0 Å². The average molecular weight is 583 g/mol. The summed E-state index contributed by atoms with van der Waals surface area (Å²) >= 11 is 0. The molecule has 0 fully saturated rings. The minimum atomic E-state index is 0.739. The molecule has 212 valence electrons. The first-order valence-corrected chi connectivity index (χ1v) is 15.8. The Morgan fingerprint density at radius 3 is 1.65 bits per heavy atom. The van der Waals surface area contributed by atoms with Crippen molar-refractivity contribution in [2.24, 2.45) is 0 Å². The van der Waals surface area contributed by atoms with E-state index in [1.807, 2.05) is 0 Å². The minimum absolute atomic E-state index is 0.739. The van der Waals surface area contributed by atoms with Crippen LogP contribution in [0.2, 0.25) is 0 Å². The smallest absolute Gasteiger partial charge is 0.161 e. The van der Waals surface area contributed by atoms with Gasteiger partial charge in [-0.05, 0) is 82.8 Å². The molecule has 0 aliphatic carbocycles.